The van der Waals surface area contributed by atoms with Crippen molar-refractivity contribution < 1.29 is 20.2 Å². The lowest BCUT2D eigenvalue weighted by Gasteiger charge is -2.11. The SMILES string of the molecule is CC(=C=CC[C@@H](O)c1cc(Br)ccc1O)C[C@@H](O)c1ccc([N+](=O)[O-])cc1. The number of nitro benzene ring substituents is 1. The van der Waals surface area contributed by atoms with Gasteiger partial charge in [-0.05, 0) is 54.5 Å². The molecule has 0 spiro atoms. The number of halogens is 1. The Morgan fingerprint density at radius 2 is 1.89 bits per heavy atom. The lowest BCUT2D eigenvalue weighted by Crippen LogP contribution is -1.98. The molecule has 0 saturated heterocycles. The van der Waals surface area contributed by atoms with Gasteiger partial charge < -0.3 is 15.3 Å². The number of non-ortho nitro benzene ring substituents is 1. The van der Waals surface area contributed by atoms with Crippen LogP contribution in [0.25, 0.3) is 0 Å². The molecule has 0 aliphatic heterocycles. The summed E-state index contributed by atoms with van der Waals surface area (Å²) in [5, 5.41) is 40.9. The first-order valence-corrected chi connectivity index (χ1v) is 9.06. The van der Waals surface area contributed by atoms with E-state index in [9.17, 15) is 25.4 Å². The molecule has 3 N–H and O–H groups in total. The number of nitrogens with zero attached hydrogens (tertiary/aromatic N) is 1. The summed E-state index contributed by atoms with van der Waals surface area (Å²) in [6, 6.07) is 10.6. The van der Waals surface area contributed by atoms with E-state index in [0.717, 1.165) is 10.0 Å². The van der Waals surface area contributed by atoms with Crippen molar-refractivity contribution in [3.05, 3.63) is 85.6 Å². The fourth-order valence-corrected chi connectivity index (χ4v) is 2.93. The van der Waals surface area contributed by atoms with E-state index in [0.29, 0.717) is 17.5 Å². The zero-order chi connectivity index (χ0) is 20.0. The van der Waals surface area contributed by atoms with Gasteiger partial charge in [-0.2, -0.15) is 0 Å². The minimum absolute atomic E-state index is 0.0217. The quantitative estimate of drug-likeness (QED) is 0.333. The monoisotopic (exact) mass is 433 g/mol. The Morgan fingerprint density at radius 1 is 1.22 bits per heavy atom. The molecule has 27 heavy (non-hydrogen) atoms. The number of phenolic OH excluding ortho intramolecular Hbond substituents is 1. The lowest BCUT2D eigenvalue weighted by atomic mass is 10.0. The van der Waals surface area contributed by atoms with Crippen LogP contribution in [0.1, 0.15) is 43.1 Å². The summed E-state index contributed by atoms with van der Waals surface area (Å²) < 4.78 is 0.760. The maximum atomic E-state index is 10.7. The van der Waals surface area contributed by atoms with E-state index in [1.165, 1.54) is 30.3 Å². The van der Waals surface area contributed by atoms with Crippen molar-refractivity contribution in [1.29, 1.82) is 0 Å². The number of aromatic hydroxyl groups is 1. The molecule has 2 aromatic rings. The first kappa shape index (κ1) is 20.9. The van der Waals surface area contributed by atoms with Gasteiger partial charge in [0.15, 0.2) is 0 Å². The molecule has 0 heterocycles. The third kappa shape index (κ3) is 6.05. The van der Waals surface area contributed by atoms with E-state index >= 15 is 0 Å². The van der Waals surface area contributed by atoms with Gasteiger partial charge in [-0.1, -0.05) is 15.9 Å². The van der Waals surface area contributed by atoms with Crippen molar-refractivity contribution in [1.82, 2.24) is 0 Å². The smallest absolute Gasteiger partial charge is 0.269 e. The van der Waals surface area contributed by atoms with Crippen molar-refractivity contribution in [2.75, 3.05) is 0 Å². The van der Waals surface area contributed by atoms with Gasteiger partial charge in [-0.15, -0.1) is 5.73 Å². The Labute approximate surface area is 165 Å². The van der Waals surface area contributed by atoms with Crippen LogP contribution in [0.2, 0.25) is 0 Å². The third-order valence-corrected chi connectivity index (χ3v) is 4.52. The zero-order valence-electron chi connectivity index (χ0n) is 14.7. The summed E-state index contributed by atoms with van der Waals surface area (Å²) in [5.74, 6) is 0.0217. The predicted octanol–water partition coefficient (Wildman–Crippen LogP) is 4.71. The normalized spacial score (nSPS) is 12.7. The van der Waals surface area contributed by atoms with E-state index < -0.39 is 17.1 Å². The molecule has 0 amide bonds. The lowest BCUT2D eigenvalue weighted by molar-refractivity contribution is -0.384. The topological polar surface area (TPSA) is 104 Å². The maximum absolute atomic E-state index is 10.7. The minimum Gasteiger partial charge on any atom is -0.508 e. The molecule has 0 aliphatic carbocycles. The first-order chi connectivity index (χ1) is 12.8. The van der Waals surface area contributed by atoms with Crippen LogP contribution in [-0.4, -0.2) is 20.2 Å². The summed E-state index contributed by atoms with van der Waals surface area (Å²) in [6.07, 6.45) is 0.554. The van der Waals surface area contributed by atoms with Gasteiger partial charge in [0.2, 0.25) is 0 Å². The highest BCUT2D eigenvalue weighted by Crippen LogP contribution is 2.29. The molecule has 0 unspecified atom stereocenters. The fraction of sp³-hybridized carbons (Fsp3) is 0.250. The second-order valence-corrected chi connectivity index (χ2v) is 7.07. The van der Waals surface area contributed by atoms with Crippen LogP contribution in [0.4, 0.5) is 5.69 Å². The van der Waals surface area contributed by atoms with Gasteiger partial charge in [0.25, 0.3) is 5.69 Å². The van der Waals surface area contributed by atoms with Crippen molar-refractivity contribution in [2.45, 2.75) is 32.0 Å². The Morgan fingerprint density at radius 3 is 2.52 bits per heavy atom. The van der Waals surface area contributed by atoms with Crippen molar-refractivity contribution in [3.63, 3.8) is 0 Å². The Balaban J connectivity index is 1.99. The molecule has 7 heteroatoms. The second-order valence-electron chi connectivity index (χ2n) is 6.15. The van der Waals surface area contributed by atoms with Crippen LogP contribution >= 0.6 is 15.9 Å². The van der Waals surface area contributed by atoms with Gasteiger partial charge in [-0.3, -0.25) is 10.1 Å². The van der Waals surface area contributed by atoms with Gasteiger partial charge in [0.05, 0.1) is 17.1 Å². The third-order valence-electron chi connectivity index (χ3n) is 4.03. The Kier molecular flexibility index (Phi) is 7.33. The number of nitro groups is 1. The summed E-state index contributed by atoms with van der Waals surface area (Å²) in [5.41, 5.74) is 4.77. The van der Waals surface area contributed by atoms with Crippen LogP contribution < -0.4 is 0 Å². The highest BCUT2D eigenvalue weighted by Gasteiger charge is 2.12. The number of benzene rings is 2. The largest absolute Gasteiger partial charge is 0.508 e. The number of phenols is 1. The minimum atomic E-state index is -0.873. The molecule has 0 aromatic heterocycles. The molecule has 6 nitrogen and oxygen atoms in total. The van der Waals surface area contributed by atoms with Crippen molar-refractivity contribution in [3.8, 4) is 5.75 Å². The van der Waals surface area contributed by atoms with Crippen LogP contribution in [0.5, 0.6) is 5.75 Å². The van der Waals surface area contributed by atoms with Gasteiger partial charge in [0.1, 0.15) is 5.75 Å². The maximum Gasteiger partial charge on any atom is 0.269 e. The number of aliphatic hydroxyl groups is 2. The van der Waals surface area contributed by atoms with E-state index in [-0.39, 0.29) is 17.9 Å². The fourth-order valence-electron chi connectivity index (χ4n) is 2.55. The van der Waals surface area contributed by atoms with Gasteiger partial charge in [-0.25, -0.2) is 0 Å². The van der Waals surface area contributed by atoms with E-state index in [1.54, 1.807) is 25.1 Å². The summed E-state index contributed by atoms with van der Waals surface area (Å²) in [7, 11) is 0. The molecule has 142 valence electrons. The van der Waals surface area contributed by atoms with E-state index in [2.05, 4.69) is 21.7 Å². The molecular weight excluding hydrogens is 414 g/mol. The van der Waals surface area contributed by atoms with Crippen molar-refractivity contribution in [2.24, 2.45) is 0 Å². The highest BCUT2D eigenvalue weighted by atomic mass is 79.9. The average molecular weight is 434 g/mol. The van der Waals surface area contributed by atoms with Gasteiger partial charge >= 0.3 is 0 Å². The number of hydrogen-bond acceptors (Lipinski definition) is 5. The average Bonchev–Trinajstić information content (AvgIpc) is 2.63. The molecular formula is C20H20BrNO5. The van der Waals surface area contributed by atoms with Crippen LogP contribution in [0, 0.1) is 10.1 Å². The van der Waals surface area contributed by atoms with Crippen LogP contribution in [0.15, 0.2) is 64.3 Å². The second kappa shape index (κ2) is 9.48. The number of aliphatic hydroxyl groups excluding tert-OH is 2. The van der Waals surface area contributed by atoms with Crippen LogP contribution in [0.3, 0.4) is 0 Å². The zero-order valence-corrected chi connectivity index (χ0v) is 16.3. The van der Waals surface area contributed by atoms with Crippen molar-refractivity contribution >= 4 is 21.6 Å². The number of hydrogen-bond donors (Lipinski definition) is 3. The standard InChI is InChI=1S/C20H20BrNO5/c1-13(11-20(25)14-5-8-16(9-6-14)22(26)27)3-2-4-18(23)17-12-15(21)7-10-19(17)24/h2,5-10,12,18,20,23-25H,4,11H2,1H3/t3?,18-,20-/m1/s1. The van der Waals surface area contributed by atoms with Crippen LogP contribution in [-0.2, 0) is 0 Å². The molecule has 2 aromatic carbocycles. The number of rotatable bonds is 7. The Bertz CT molecular complexity index is 872. The van der Waals surface area contributed by atoms with Gasteiger partial charge in [0, 0.05) is 35.0 Å². The molecule has 0 aliphatic rings. The Hall–Kier alpha value is -2.44. The highest BCUT2D eigenvalue weighted by molar-refractivity contribution is 9.10. The molecule has 0 saturated carbocycles. The molecule has 0 fully saturated rings. The molecule has 2 rings (SSSR count). The van der Waals surface area contributed by atoms with E-state index in [4.69, 9.17) is 0 Å². The summed E-state index contributed by atoms with van der Waals surface area (Å²) >= 11 is 3.30. The molecule has 0 radical (unpaired) electrons. The van der Waals surface area contributed by atoms with E-state index in [1.807, 2.05) is 0 Å². The summed E-state index contributed by atoms with van der Waals surface area (Å²) in [6.45, 7) is 1.80. The molecule has 0 bridgehead atoms. The first-order valence-electron chi connectivity index (χ1n) is 8.27. The molecule has 2 atom stereocenters. The summed E-state index contributed by atoms with van der Waals surface area (Å²) in [4.78, 5) is 10.2. The predicted molar refractivity (Wildman–Crippen MR) is 105 cm³/mol.